The molecule has 340 valence electrons. The quantitative estimate of drug-likeness (QED) is 0.0423. The van der Waals surface area contributed by atoms with E-state index in [2.05, 4.69) is 55.6 Å². The molecule has 2 atom stereocenters. The smallest absolute Gasteiger partial charge is 0.220 e. The third-order valence-electron chi connectivity index (χ3n) is 11.8. The van der Waals surface area contributed by atoms with Gasteiger partial charge in [-0.1, -0.05) is 255 Å². The lowest BCUT2D eigenvalue weighted by Crippen LogP contribution is -2.45. The van der Waals surface area contributed by atoms with Crippen molar-refractivity contribution in [2.24, 2.45) is 0 Å². The van der Waals surface area contributed by atoms with E-state index in [0.29, 0.717) is 6.42 Å². The molecule has 0 saturated heterocycles. The Balaban J connectivity index is 3.48. The van der Waals surface area contributed by atoms with Crippen molar-refractivity contribution in [3.05, 3.63) is 48.6 Å². The van der Waals surface area contributed by atoms with Gasteiger partial charge in [-0.2, -0.15) is 0 Å². The maximum Gasteiger partial charge on any atom is 0.220 e. The molecular formula is C54H101NO3. The predicted octanol–water partition coefficient (Wildman–Crippen LogP) is 16.7. The first-order valence-corrected chi connectivity index (χ1v) is 25.9. The number of carbonyl (C=O) groups is 1. The third kappa shape index (κ3) is 45.4. The van der Waals surface area contributed by atoms with Gasteiger partial charge in [-0.25, -0.2) is 0 Å². The van der Waals surface area contributed by atoms with E-state index in [4.69, 9.17) is 0 Å². The fourth-order valence-corrected chi connectivity index (χ4v) is 7.82. The van der Waals surface area contributed by atoms with Crippen LogP contribution in [0.1, 0.15) is 271 Å². The van der Waals surface area contributed by atoms with Crippen LogP contribution in [0.2, 0.25) is 0 Å². The number of rotatable bonds is 47. The Kier molecular flexibility index (Phi) is 48.3. The van der Waals surface area contributed by atoms with Crippen LogP contribution in [0.15, 0.2) is 48.6 Å². The Bertz CT molecular complexity index is 923. The maximum atomic E-state index is 12.4. The number of aliphatic hydroxyl groups is 2. The van der Waals surface area contributed by atoms with E-state index in [9.17, 15) is 15.0 Å². The van der Waals surface area contributed by atoms with E-state index in [-0.39, 0.29) is 12.5 Å². The van der Waals surface area contributed by atoms with Crippen molar-refractivity contribution in [2.75, 3.05) is 6.61 Å². The first-order chi connectivity index (χ1) is 28.7. The van der Waals surface area contributed by atoms with Gasteiger partial charge < -0.3 is 15.5 Å². The largest absolute Gasteiger partial charge is 0.394 e. The molecule has 4 nitrogen and oxygen atoms in total. The molecule has 0 aromatic heterocycles. The molecule has 0 aliphatic carbocycles. The second kappa shape index (κ2) is 49.7. The summed E-state index contributed by atoms with van der Waals surface area (Å²) in [5, 5.41) is 23.0. The lowest BCUT2D eigenvalue weighted by Gasteiger charge is -2.19. The highest BCUT2D eigenvalue weighted by Crippen LogP contribution is 2.17. The highest BCUT2D eigenvalue weighted by Gasteiger charge is 2.17. The number of hydrogen-bond donors (Lipinski definition) is 3. The molecule has 0 fully saturated rings. The molecule has 0 aliphatic rings. The summed E-state index contributed by atoms with van der Waals surface area (Å²) in [7, 11) is 0. The molecule has 58 heavy (non-hydrogen) atoms. The Morgan fingerprint density at radius 1 is 0.414 bits per heavy atom. The molecule has 2 unspecified atom stereocenters. The summed E-state index contributed by atoms with van der Waals surface area (Å²) in [4.78, 5) is 12.4. The molecule has 0 aromatic carbocycles. The second-order valence-electron chi connectivity index (χ2n) is 17.6. The van der Waals surface area contributed by atoms with Gasteiger partial charge in [-0.05, 0) is 57.8 Å². The number of carbonyl (C=O) groups excluding carboxylic acids is 1. The van der Waals surface area contributed by atoms with Crippen molar-refractivity contribution < 1.29 is 15.0 Å². The van der Waals surface area contributed by atoms with Crippen molar-refractivity contribution in [1.29, 1.82) is 0 Å². The maximum absolute atomic E-state index is 12.4. The van der Waals surface area contributed by atoms with E-state index in [1.54, 1.807) is 6.08 Å². The van der Waals surface area contributed by atoms with Crippen LogP contribution in [0.3, 0.4) is 0 Å². The van der Waals surface area contributed by atoms with Crippen LogP contribution in [-0.4, -0.2) is 34.9 Å². The van der Waals surface area contributed by atoms with Gasteiger partial charge in [0.1, 0.15) is 0 Å². The number of hydrogen-bond acceptors (Lipinski definition) is 3. The minimum Gasteiger partial charge on any atom is -0.394 e. The third-order valence-corrected chi connectivity index (χ3v) is 11.8. The highest BCUT2D eigenvalue weighted by molar-refractivity contribution is 5.76. The van der Waals surface area contributed by atoms with Gasteiger partial charge in [0, 0.05) is 6.42 Å². The average molecular weight is 812 g/mol. The summed E-state index contributed by atoms with van der Waals surface area (Å²) in [6.45, 7) is 4.24. The van der Waals surface area contributed by atoms with Crippen LogP contribution in [0.25, 0.3) is 0 Å². The summed E-state index contributed by atoms with van der Waals surface area (Å²) < 4.78 is 0. The first-order valence-electron chi connectivity index (χ1n) is 25.9. The van der Waals surface area contributed by atoms with E-state index in [0.717, 1.165) is 51.4 Å². The van der Waals surface area contributed by atoms with Crippen LogP contribution in [0.5, 0.6) is 0 Å². The van der Waals surface area contributed by atoms with Crippen LogP contribution in [0.4, 0.5) is 0 Å². The summed E-state index contributed by atoms with van der Waals surface area (Å²) in [6.07, 6.45) is 68.5. The zero-order chi connectivity index (χ0) is 42.1. The zero-order valence-electron chi connectivity index (χ0n) is 39.1. The molecular weight excluding hydrogens is 711 g/mol. The Hall–Kier alpha value is -1.65. The second-order valence-corrected chi connectivity index (χ2v) is 17.6. The van der Waals surface area contributed by atoms with Gasteiger partial charge in [0.15, 0.2) is 0 Å². The summed E-state index contributed by atoms with van der Waals surface area (Å²) in [5.41, 5.74) is 0. The normalized spacial score (nSPS) is 13.2. The van der Waals surface area contributed by atoms with Gasteiger partial charge in [-0.3, -0.25) is 4.79 Å². The molecule has 0 spiro atoms. The van der Waals surface area contributed by atoms with Crippen molar-refractivity contribution in [1.82, 2.24) is 5.32 Å². The molecule has 3 N–H and O–H groups in total. The first kappa shape index (κ1) is 56.4. The molecule has 0 bridgehead atoms. The molecule has 0 rings (SSSR count). The van der Waals surface area contributed by atoms with Gasteiger partial charge >= 0.3 is 0 Å². The van der Waals surface area contributed by atoms with Crippen LogP contribution in [0, 0.1) is 0 Å². The average Bonchev–Trinajstić information content (AvgIpc) is 3.23. The van der Waals surface area contributed by atoms with Gasteiger partial charge in [0.2, 0.25) is 5.91 Å². The number of allylic oxidation sites excluding steroid dienone is 7. The van der Waals surface area contributed by atoms with Crippen LogP contribution >= 0.6 is 0 Å². The van der Waals surface area contributed by atoms with Gasteiger partial charge in [0.05, 0.1) is 18.8 Å². The Morgan fingerprint density at radius 2 is 0.759 bits per heavy atom. The number of unbranched alkanes of at least 4 members (excludes halogenated alkanes) is 34. The monoisotopic (exact) mass is 812 g/mol. The van der Waals surface area contributed by atoms with Crippen LogP contribution in [-0.2, 0) is 4.79 Å². The molecule has 4 heteroatoms. The van der Waals surface area contributed by atoms with Crippen LogP contribution < -0.4 is 5.32 Å². The Morgan fingerprint density at radius 3 is 1.17 bits per heavy atom. The number of aliphatic hydroxyl groups excluding tert-OH is 2. The Labute approximate surface area is 363 Å². The van der Waals surface area contributed by atoms with Gasteiger partial charge in [0.25, 0.3) is 0 Å². The van der Waals surface area contributed by atoms with Crippen molar-refractivity contribution in [2.45, 2.75) is 283 Å². The van der Waals surface area contributed by atoms with Crippen molar-refractivity contribution >= 4 is 5.91 Å². The minimum absolute atomic E-state index is 0.0883. The molecule has 0 heterocycles. The minimum atomic E-state index is -0.869. The molecule has 0 aliphatic heterocycles. The lowest BCUT2D eigenvalue weighted by molar-refractivity contribution is -0.123. The van der Waals surface area contributed by atoms with Crippen molar-refractivity contribution in [3.63, 3.8) is 0 Å². The number of amides is 1. The van der Waals surface area contributed by atoms with E-state index < -0.39 is 12.1 Å². The topological polar surface area (TPSA) is 69.6 Å². The molecule has 0 aromatic rings. The van der Waals surface area contributed by atoms with E-state index >= 15 is 0 Å². The highest BCUT2D eigenvalue weighted by atomic mass is 16.3. The summed E-state index contributed by atoms with van der Waals surface area (Å²) in [6, 6.07) is -0.647. The van der Waals surface area contributed by atoms with E-state index in [1.165, 1.54) is 199 Å². The standard InChI is InChI=1S/C54H101NO3/c1-3-5-7-9-11-13-15-17-18-19-20-21-22-23-24-25-26-27-28-29-30-31-32-33-34-35-36-38-39-41-43-45-47-49-53(57)52(51-56)55-54(58)50-48-46-44-42-40-37-16-14-12-10-8-6-4-2/h8,10,14,16,39,41,47,49,52-53,56-57H,3-7,9,11-13,15,17-38,40,42-46,48,50-51H2,1-2H3,(H,55,58)/b10-8-,16-14-,41-39+,49-47+. The van der Waals surface area contributed by atoms with Crippen molar-refractivity contribution in [3.8, 4) is 0 Å². The summed E-state index contributed by atoms with van der Waals surface area (Å²) in [5.74, 6) is -0.0883. The fraction of sp³-hybridized carbons (Fsp3) is 0.833. The molecule has 0 radical (unpaired) electrons. The zero-order valence-corrected chi connectivity index (χ0v) is 39.1. The van der Waals surface area contributed by atoms with Gasteiger partial charge in [-0.15, -0.1) is 0 Å². The number of nitrogens with one attached hydrogen (secondary N) is 1. The SMILES string of the molecule is CCC/C=C\C/C=C\CCCCCCCC(=O)NC(CO)C(O)/C=C/CC/C=C/CCCCCCCCCCCCCCCCCCCCCCCCCCCCC. The lowest BCUT2D eigenvalue weighted by atomic mass is 10.0. The predicted molar refractivity (Wildman–Crippen MR) is 258 cm³/mol. The fourth-order valence-electron chi connectivity index (χ4n) is 7.82. The molecule has 1 amide bonds. The van der Waals surface area contributed by atoms with E-state index in [1.807, 2.05) is 6.08 Å². The molecule has 0 saturated carbocycles. The summed E-state index contributed by atoms with van der Waals surface area (Å²) >= 11 is 0.